The van der Waals surface area contributed by atoms with Crippen LogP contribution in [-0.4, -0.2) is 20.5 Å². The number of halogens is 1. The lowest BCUT2D eigenvalue weighted by Crippen LogP contribution is -2.74. The molecule has 3 aliphatic carbocycles. The van der Waals surface area contributed by atoms with Crippen molar-refractivity contribution in [1.82, 2.24) is 15.0 Å². The van der Waals surface area contributed by atoms with E-state index in [4.69, 9.17) is 5.73 Å². The molecule has 1 heterocycles. The predicted molar refractivity (Wildman–Crippen MR) is 75.8 cm³/mol. The normalized spacial score (nSPS) is 31.1. The topological polar surface area (TPSA) is 56.7 Å². The van der Waals surface area contributed by atoms with Crippen molar-refractivity contribution in [3.05, 3.63) is 41.7 Å². The lowest BCUT2D eigenvalue weighted by Gasteiger charge is -2.68. The Morgan fingerprint density at radius 3 is 2.37 bits per heavy atom. The monoisotopic (exact) mass is 276 g/mol. The Morgan fingerprint density at radius 1 is 1.16 bits per heavy atom. The van der Waals surface area contributed by atoms with E-state index in [0.717, 1.165) is 30.6 Å². The first-order valence-electron chi connectivity index (χ1n) is 6.38. The van der Waals surface area contributed by atoms with Gasteiger partial charge in [0.2, 0.25) is 0 Å². The fourth-order valence-corrected chi connectivity index (χ4v) is 3.45. The first-order valence-corrected chi connectivity index (χ1v) is 6.38. The van der Waals surface area contributed by atoms with Crippen LogP contribution in [0.1, 0.15) is 30.5 Å². The summed E-state index contributed by atoms with van der Waals surface area (Å²) in [4.78, 5) is 1.72. The number of nitrogens with zero attached hydrogens (tertiary/aromatic N) is 3. The molecule has 3 aliphatic rings. The molecular weight excluding hydrogens is 260 g/mol. The molecular formula is C14H17ClN4. The SMILES string of the molecule is Cc1ccc(-n2ncc(C34CC(N)(C3)C4)n2)cc1.Cl. The molecule has 1 aromatic heterocycles. The summed E-state index contributed by atoms with van der Waals surface area (Å²) < 4.78 is 0. The third kappa shape index (κ3) is 1.70. The summed E-state index contributed by atoms with van der Waals surface area (Å²) in [6.07, 6.45) is 5.13. The molecule has 3 saturated carbocycles. The highest BCUT2D eigenvalue weighted by molar-refractivity contribution is 5.85. The van der Waals surface area contributed by atoms with E-state index in [1.165, 1.54) is 5.56 Å². The number of rotatable bonds is 2. The maximum Gasteiger partial charge on any atom is 0.0895 e. The molecule has 4 nitrogen and oxygen atoms in total. The maximum absolute atomic E-state index is 6.09. The van der Waals surface area contributed by atoms with Crippen molar-refractivity contribution in [3.63, 3.8) is 0 Å². The zero-order valence-electron chi connectivity index (χ0n) is 10.8. The summed E-state index contributed by atoms with van der Waals surface area (Å²) in [5.41, 5.74) is 9.82. The Labute approximate surface area is 118 Å². The quantitative estimate of drug-likeness (QED) is 0.914. The van der Waals surface area contributed by atoms with Gasteiger partial charge in [0, 0.05) is 11.0 Å². The van der Waals surface area contributed by atoms with Gasteiger partial charge in [-0.3, -0.25) is 0 Å². The Bertz CT molecular complexity index is 597. The molecule has 0 saturated heterocycles. The van der Waals surface area contributed by atoms with Gasteiger partial charge < -0.3 is 5.73 Å². The van der Waals surface area contributed by atoms with E-state index < -0.39 is 0 Å². The molecule has 1 aromatic carbocycles. The average Bonchev–Trinajstić information content (AvgIpc) is 2.74. The minimum atomic E-state index is 0. The second kappa shape index (κ2) is 3.81. The summed E-state index contributed by atoms with van der Waals surface area (Å²) in [6, 6.07) is 8.25. The molecule has 0 atom stereocenters. The van der Waals surface area contributed by atoms with Crippen LogP contribution < -0.4 is 5.73 Å². The number of benzene rings is 1. The first kappa shape index (κ1) is 12.6. The second-order valence-electron chi connectivity index (χ2n) is 6.03. The fourth-order valence-electron chi connectivity index (χ4n) is 3.45. The molecule has 2 N–H and O–H groups in total. The van der Waals surface area contributed by atoms with Crippen LogP contribution in [-0.2, 0) is 5.41 Å². The maximum atomic E-state index is 6.09. The Balaban J connectivity index is 0.00000110. The predicted octanol–water partition coefficient (Wildman–Crippen LogP) is 2.13. The zero-order chi connectivity index (χ0) is 12.4. The van der Waals surface area contributed by atoms with E-state index in [0.29, 0.717) is 0 Å². The van der Waals surface area contributed by atoms with Crippen LogP contribution in [0.4, 0.5) is 0 Å². The van der Waals surface area contributed by atoms with Crippen molar-refractivity contribution >= 4 is 12.4 Å². The second-order valence-corrected chi connectivity index (χ2v) is 6.03. The van der Waals surface area contributed by atoms with Crippen LogP contribution in [0.15, 0.2) is 30.5 Å². The molecule has 5 heteroatoms. The third-order valence-corrected chi connectivity index (χ3v) is 4.37. The highest BCUT2D eigenvalue weighted by Crippen LogP contribution is 2.65. The van der Waals surface area contributed by atoms with Gasteiger partial charge in [0.05, 0.1) is 17.6 Å². The minimum Gasteiger partial charge on any atom is -0.325 e. The molecule has 3 fully saturated rings. The highest BCUT2D eigenvalue weighted by atomic mass is 35.5. The lowest BCUT2D eigenvalue weighted by molar-refractivity contribution is -0.0622. The van der Waals surface area contributed by atoms with Crippen LogP contribution in [0, 0.1) is 6.92 Å². The van der Waals surface area contributed by atoms with Crippen molar-refractivity contribution in [2.75, 3.05) is 0 Å². The summed E-state index contributed by atoms with van der Waals surface area (Å²) in [5, 5.41) is 9.00. The number of hydrogen-bond acceptors (Lipinski definition) is 3. The van der Waals surface area contributed by atoms with Gasteiger partial charge in [0.1, 0.15) is 0 Å². The average molecular weight is 277 g/mol. The lowest BCUT2D eigenvalue weighted by atomic mass is 9.39. The Kier molecular flexibility index (Phi) is 2.53. The molecule has 0 aliphatic heterocycles. The molecule has 19 heavy (non-hydrogen) atoms. The standard InChI is InChI=1S/C14H16N4.ClH/c1-10-2-4-11(5-3-10)18-16-6-12(17-18)13-7-14(15,8-13)9-13;/h2-6H,7-9,15H2,1H3;1H. The van der Waals surface area contributed by atoms with Gasteiger partial charge in [0.25, 0.3) is 0 Å². The van der Waals surface area contributed by atoms with Crippen LogP contribution in [0.5, 0.6) is 0 Å². The number of hydrogen-bond donors (Lipinski definition) is 1. The van der Waals surface area contributed by atoms with Gasteiger partial charge in [-0.2, -0.15) is 15.0 Å². The van der Waals surface area contributed by atoms with E-state index in [2.05, 4.69) is 29.3 Å². The van der Waals surface area contributed by atoms with E-state index in [-0.39, 0.29) is 23.4 Å². The zero-order valence-corrected chi connectivity index (χ0v) is 11.7. The van der Waals surface area contributed by atoms with Gasteiger partial charge in [-0.15, -0.1) is 12.4 Å². The van der Waals surface area contributed by atoms with Gasteiger partial charge in [-0.05, 0) is 38.3 Å². The van der Waals surface area contributed by atoms with Crippen LogP contribution in [0.2, 0.25) is 0 Å². The Hall–Kier alpha value is -1.39. The molecule has 0 spiro atoms. The highest BCUT2D eigenvalue weighted by Gasteiger charge is 2.67. The van der Waals surface area contributed by atoms with Crippen LogP contribution in [0.25, 0.3) is 5.69 Å². The van der Waals surface area contributed by atoms with Crippen molar-refractivity contribution in [1.29, 1.82) is 0 Å². The molecule has 100 valence electrons. The van der Waals surface area contributed by atoms with E-state index in [1.807, 2.05) is 18.3 Å². The van der Waals surface area contributed by atoms with Crippen LogP contribution >= 0.6 is 12.4 Å². The Morgan fingerprint density at radius 2 is 1.79 bits per heavy atom. The largest absolute Gasteiger partial charge is 0.325 e. The molecule has 0 unspecified atom stereocenters. The molecule has 0 amide bonds. The van der Waals surface area contributed by atoms with Crippen molar-refractivity contribution in [3.8, 4) is 5.69 Å². The minimum absolute atomic E-state index is 0. The van der Waals surface area contributed by atoms with E-state index in [1.54, 1.807) is 4.80 Å². The van der Waals surface area contributed by atoms with Crippen molar-refractivity contribution in [2.24, 2.45) is 5.73 Å². The third-order valence-electron chi connectivity index (χ3n) is 4.37. The van der Waals surface area contributed by atoms with Gasteiger partial charge in [0.15, 0.2) is 0 Å². The van der Waals surface area contributed by atoms with Crippen molar-refractivity contribution in [2.45, 2.75) is 37.1 Å². The van der Waals surface area contributed by atoms with E-state index in [9.17, 15) is 0 Å². The molecule has 5 rings (SSSR count). The summed E-state index contributed by atoms with van der Waals surface area (Å²) in [7, 11) is 0. The van der Waals surface area contributed by atoms with Gasteiger partial charge in [-0.25, -0.2) is 0 Å². The van der Waals surface area contributed by atoms with Crippen molar-refractivity contribution < 1.29 is 0 Å². The molecule has 2 aromatic rings. The number of aryl methyl sites for hydroxylation is 1. The van der Waals surface area contributed by atoms with Crippen LogP contribution in [0.3, 0.4) is 0 Å². The first-order chi connectivity index (χ1) is 8.59. The smallest absolute Gasteiger partial charge is 0.0895 e. The summed E-state index contributed by atoms with van der Waals surface area (Å²) >= 11 is 0. The molecule has 0 radical (unpaired) electrons. The van der Waals surface area contributed by atoms with Gasteiger partial charge >= 0.3 is 0 Å². The molecule has 2 bridgehead atoms. The fraction of sp³-hybridized carbons (Fsp3) is 0.429. The van der Waals surface area contributed by atoms with Gasteiger partial charge in [-0.1, -0.05) is 17.7 Å². The number of nitrogens with two attached hydrogens (primary N) is 1. The number of aromatic nitrogens is 3. The summed E-state index contributed by atoms with van der Waals surface area (Å²) in [6.45, 7) is 2.08. The summed E-state index contributed by atoms with van der Waals surface area (Å²) in [5.74, 6) is 0. The van der Waals surface area contributed by atoms with E-state index >= 15 is 0 Å².